The lowest BCUT2D eigenvalue weighted by Gasteiger charge is -2.40. The topological polar surface area (TPSA) is 32.3 Å². The first-order valence-corrected chi connectivity index (χ1v) is 5.55. The second-order valence-electron chi connectivity index (χ2n) is 4.29. The van der Waals surface area contributed by atoms with Gasteiger partial charge < -0.3 is 10.2 Å². The van der Waals surface area contributed by atoms with Crippen molar-refractivity contribution < 1.29 is 9.18 Å². The summed E-state index contributed by atoms with van der Waals surface area (Å²) in [5.74, 6) is -0.0265. The Morgan fingerprint density at radius 3 is 3.19 bits per heavy atom. The van der Waals surface area contributed by atoms with Crippen LogP contribution in [0.3, 0.4) is 0 Å². The van der Waals surface area contributed by atoms with Crippen molar-refractivity contribution in [2.24, 2.45) is 0 Å². The standard InChI is InChI=1S/C12H13FN2O/c13-10-3-1-2-9-8(10)4-5-15-11(9)6-14-7-12(15)16/h1-3,11,14H,4-7H2/t11-/m0/s1. The summed E-state index contributed by atoms with van der Waals surface area (Å²) in [6, 6.07) is 5.15. The molecule has 4 heteroatoms. The van der Waals surface area contributed by atoms with Gasteiger partial charge in [0.15, 0.2) is 0 Å². The minimum atomic E-state index is -0.143. The highest BCUT2D eigenvalue weighted by atomic mass is 19.1. The van der Waals surface area contributed by atoms with Gasteiger partial charge in [0.2, 0.25) is 5.91 Å². The molecular weight excluding hydrogens is 207 g/mol. The molecule has 16 heavy (non-hydrogen) atoms. The van der Waals surface area contributed by atoms with Crippen LogP contribution >= 0.6 is 0 Å². The van der Waals surface area contributed by atoms with Gasteiger partial charge in [0.25, 0.3) is 0 Å². The molecule has 1 aromatic carbocycles. The SMILES string of the molecule is O=C1CNC[C@H]2c3cccc(F)c3CCN12. The summed E-state index contributed by atoms with van der Waals surface area (Å²) >= 11 is 0. The Labute approximate surface area is 93.2 Å². The number of carbonyl (C=O) groups is 1. The summed E-state index contributed by atoms with van der Waals surface area (Å²) in [5, 5.41) is 3.08. The highest BCUT2D eigenvalue weighted by molar-refractivity contribution is 5.80. The Hall–Kier alpha value is -1.42. The predicted octanol–water partition coefficient (Wildman–Crippen LogP) is 0.855. The molecule has 1 N–H and O–H groups in total. The van der Waals surface area contributed by atoms with Gasteiger partial charge in [-0.25, -0.2) is 4.39 Å². The first-order chi connectivity index (χ1) is 7.77. The van der Waals surface area contributed by atoms with Crippen LogP contribution in [0.25, 0.3) is 0 Å². The molecule has 2 aliphatic rings. The third-order valence-electron chi connectivity index (χ3n) is 3.43. The van der Waals surface area contributed by atoms with E-state index >= 15 is 0 Å². The Balaban J connectivity index is 2.06. The van der Waals surface area contributed by atoms with Crippen LogP contribution in [0, 0.1) is 5.82 Å². The van der Waals surface area contributed by atoms with Crippen LogP contribution in [0.2, 0.25) is 0 Å². The van der Waals surface area contributed by atoms with E-state index in [2.05, 4.69) is 5.32 Å². The minimum absolute atomic E-state index is 0.0145. The summed E-state index contributed by atoms with van der Waals surface area (Å²) in [5.41, 5.74) is 1.74. The fourth-order valence-corrected chi connectivity index (χ4v) is 2.64. The minimum Gasteiger partial charge on any atom is -0.333 e. The van der Waals surface area contributed by atoms with Gasteiger partial charge in [-0.05, 0) is 23.6 Å². The number of nitrogens with zero attached hydrogens (tertiary/aromatic N) is 1. The van der Waals surface area contributed by atoms with Crippen LogP contribution in [0.1, 0.15) is 17.2 Å². The van der Waals surface area contributed by atoms with Gasteiger partial charge in [-0.1, -0.05) is 12.1 Å². The quantitative estimate of drug-likeness (QED) is 0.703. The van der Waals surface area contributed by atoms with Gasteiger partial charge in [-0.3, -0.25) is 4.79 Å². The molecule has 2 heterocycles. The molecule has 1 fully saturated rings. The normalized spacial score (nSPS) is 23.9. The van der Waals surface area contributed by atoms with E-state index in [0.29, 0.717) is 19.5 Å². The molecule has 84 valence electrons. The van der Waals surface area contributed by atoms with E-state index in [1.165, 1.54) is 6.07 Å². The summed E-state index contributed by atoms with van der Waals surface area (Å²) in [6.45, 7) is 1.77. The summed E-state index contributed by atoms with van der Waals surface area (Å²) < 4.78 is 13.6. The molecule has 1 atom stereocenters. The Kier molecular flexibility index (Phi) is 2.17. The largest absolute Gasteiger partial charge is 0.333 e. The van der Waals surface area contributed by atoms with E-state index in [9.17, 15) is 9.18 Å². The van der Waals surface area contributed by atoms with Crippen molar-refractivity contribution in [3.05, 3.63) is 35.1 Å². The van der Waals surface area contributed by atoms with Crippen molar-refractivity contribution in [2.75, 3.05) is 19.6 Å². The lowest BCUT2D eigenvalue weighted by molar-refractivity contribution is -0.135. The van der Waals surface area contributed by atoms with Crippen molar-refractivity contribution in [1.82, 2.24) is 10.2 Å². The monoisotopic (exact) mass is 220 g/mol. The van der Waals surface area contributed by atoms with E-state index in [1.807, 2.05) is 11.0 Å². The zero-order valence-corrected chi connectivity index (χ0v) is 8.87. The van der Waals surface area contributed by atoms with Crippen molar-refractivity contribution in [1.29, 1.82) is 0 Å². The van der Waals surface area contributed by atoms with Gasteiger partial charge >= 0.3 is 0 Å². The maximum absolute atomic E-state index is 13.6. The number of nitrogens with one attached hydrogen (secondary N) is 1. The molecule has 0 unspecified atom stereocenters. The molecule has 3 rings (SSSR count). The number of carbonyl (C=O) groups excluding carboxylic acids is 1. The number of halogens is 1. The first-order valence-electron chi connectivity index (χ1n) is 5.55. The molecule has 3 nitrogen and oxygen atoms in total. The second kappa shape index (κ2) is 3.56. The van der Waals surface area contributed by atoms with E-state index in [0.717, 1.165) is 17.7 Å². The predicted molar refractivity (Wildman–Crippen MR) is 57.4 cm³/mol. The third-order valence-corrected chi connectivity index (χ3v) is 3.43. The maximum Gasteiger partial charge on any atom is 0.237 e. The van der Waals surface area contributed by atoms with Crippen LogP contribution in [0.4, 0.5) is 4.39 Å². The number of amides is 1. The molecule has 0 bridgehead atoms. The molecule has 2 aliphatic heterocycles. The Bertz CT molecular complexity index is 447. The molecule has 1 saturated heterocycles. The fraction of sp³-hybridized carbons (Fsp3) is 0.417. The van der Waals surface area contributed by atoms with Gasteiger partial charge in [0.1, 0.15) is 5.82 Å². The average Bonchev–Trinajstić information content (AvgIpc) is 2.30. The van der Waals surface area contributed by atoms with Crippen LogP contribution < -0.4 is 5.32 Å². The molecule has 0 spiro atoms. The maximum atomic E-state index is 13.6. The molecule has 1 amide bonds. The molecule has 0 aliphatic carbocycles. The van der Waals surface area contributed by atoms with Crippen molar-refractivity contribution in [3.8, 4) is 0 Å². The van der Waals surface area contributed by atoms with E-state index in [4.69, 9.17) is 0 Å². The smallest absolute Gasteiger partial charge is 0.237 e. The van der Waals surface area contributed by atoms with Gasteiger partial charge in [0.05, 0.1) is 12.6 Å². The zero-order valence-electron chi connectivity index (χ0n) is 8.87. The molecule has 0 radical (unpaired) electrons. The van der Waals surface area contributed by atoms with Gasteiger partial charge in [0, 0.05) is 13.1 Å². The van der Waals surface area contributed by atoms with Crippen molar-refractivity contribution in [2.45, 2.75) is 12.5 Å². The number of fused-ring (bicyclic) bond motifs is 3. The van der Waals surface area contributed by atoms with E-state index in [-0.39, 0.29) is 17.8 Å². The Morgan fingerprint density at radius 1 is 1.44 bits per heavy atom. The van der Waals surface area contributed by atoms with Crippen molar-refractivity contribution >= 4 is 5.91 Å². The number of hydrogen-bond acceptors (Lipinski definition) is 2. The van der Waals surface area contributed by atoms with Gasteiger partial charge in [-0.15, -0.1) is 0 Å². The Morgan fingerprint density at radius 2 is 2.31 bits per heavy atom. The molecule has 0 aromatic heterocycles. The summed E-state index contributed by atoms with van der Waals surface area (Å²) in [4.78, 5) is 13.6. The van der Waals surface area contributed by atoms with Crippen LogP contribution in [0.15, 0.2) is 18.2 Å². The summed E-state index contributed by atoms with van der Waals surface area (Å²) in [6.07, 6.45) is 0.629. The first kappa shape index (κ1) is 9.78. The second-order valence-corrected chi connectivity index (χ2v) is 4.29. The highest BCUT2D eigenvalue weighted by Crippen LogP contribution is 2.31. The van der Waals surface area contributed by atoms with Crippen LogP contribution in [-0.4, -0.2) is 30.4 Å². The summed E-state index contributed by atoms with van der Waals surface area (Å²) in [7, 11) is 0. The molecule has 1 aromatic rings. The van der Waals surface area contributed by atoms with E-state index < -0.39 is 0 Å². The zero-order chi connectivity index (χ0) is 11.1. The molecular formula is C12H13FN2O. The third kappa shape index (κ3) is 1.33. The van der Waals surface area contributed by atoms with E-state index in [1.54, 1.807) is 6.07 Å². The molecule has 0 saturated carbocycles. The van der Waals surface area contributed by atoms with Gasteiger partial charge in [-0.2, -0.15) is 0 Å². The van der Waals surface area contributed by atoms with Crippen LogP contribution in [0.5, 0.6) is 0 Å². The number of rotatable bonds is 0. The fourth-order valence-electron chi connectivity index (χ4n) is 2.64. The number of benzene rings is 1. The number of piperazine rings is 1. The highest BCUT2D eigenvalue weighted by Gasteiger charge is 2.34. The lowest BCUT2D eigenvalue weighted by atomic mass is 9.91. The average molecular weight is 220 g/mol. The lowest BCUT2D eigenvalue weighted by Crippen LogP contribution is -2.52. The van der Waals surface area contributed by atoms with Crippen LogP contribution in [-0.2, 0) is 11.2 Å². The van der Waals surface area contributed by atoms with Crippen molar-refractivity contribution in [3.63, 3.8) is 0 Å². The number of hydrogen-bond donors (Lipinski definition) is 1.